The molecule has 19 heavy (non-hydrogen) atoms. The molecule has 1 atom stereocenters. The first-order valence-corrected chi connectivity index (χ1v) is 7.17. The van der Waals surface area contributed by atoms with Gasteiger partial charge >= 0.3 is 5.97 Å². The number of ether oxygens (including phenoxy) is 1. The third-order valence-electron chi connectivity index (χ3n) is 4.26. The first-order valence-electron chi connectivity index (χ1n) is 7.17. The summed E-state index contributed by atoms with van der Waals surface area (Å²) in [6.45, 7) is 12.4. The first-order chi connectivity index (χ1) is 8.59. The molecule has 1 saturated heterocycles. The summed E-state index contributed by atoms with van der Waals surface area (Å²) in [5, 5.41) is 2.02. The molecule has 0 bridgehead atoms. The Hall–Kier alpha value is -0.610. The van der Waals surface area contributed by atoms with Crippen LogP contribution in [0.4, 0.5) is 0 Å². The molecule has 0 aromatic rings. The molecule has 1 fully saturated rings. The second-order valence-electron chi connectivity index (χ2n) is 6.94. The molecule has 1 rings (SSSR count). The predicted molar refractivity (Wildman–Crippen MR) is 75.6 cm³/mol. The van der Waals surface area contributed by atoms with Gasteiger partial charge in [-0.3, -0.25) is 4.84 Å². The van der Waals surface area contributed by atoms with Crippen molar-refractivity contribution in [3.63, 3.8) is 0 Å². The van der Waals surface area contributed by atoms with E-state index in [-0.39, 0.29) is 17.0 Å². The van der Waals surface area contributed by atoms with Crippen LogP contribution in [0.15, 0.2) is 0 Å². The van der Waals surface area contributed by atoms with E-state index in [1.165, 1.54) is 13.5 Å². The fourth-order valence-corrected chi connectivity index (χ4v) is 2.89. The summed E-state index contributed by atoms with van der Waals surface area (Å²) < 4.78 is 4.89. The van der Waals surface area contributed by atoms with Crippen molar-refractivity contribution >= 4 is 5.97 Å². The highest BCUT2D eigenvalue weighted by Gasteiger charge is 2.47. The molecule has 0 radical (unpaired) electrons. The maximum atomic E-state index is 12.0. The van der Waals surface area contributed by atoms with Gasteiger partial charge in [0.05, 0.1) is 7.11 Å². The van der Waals surface area contributed by atoms with Gasteiger partial charge in [0.15, 0.2) is 5.60 Å². The molecule has 1 unspecified atom stereocenters. The van der Waals surface area contributed by atoms with Crippen LogP contribution in [-0.4, -0.2) is 34.8 Å². The third-order valence-corrected chi connectivity index (χ3v) is 4.26. The van der Waals surface area contributed by atoms with Crippen molar-refractivity contribution in [3.05, 3.63) is 0 Å². The fourth-order valence-electron chi connectivity index (χ4n) is 2.89. The van der Waals surface area contributed by atoms with Gasteiger partial charge in [-0.2, -0.15) is 5.06 Å². The van der Waals surface area contributed by atoms with E-state index in [1.54, 1.807) is 6.92 Å². The summed E-state index contributed by atoms with van der Waals surface area (Å²) in [5.74, 6) is -0.313. The average Bonchev–Trinajstić information content (AvgIpc) is 2.32. The fraction of sp³-hybridized carbons (Fsp3) is 0.933. The summed E-state index contributed by atoms with van der Waals surface area (Å²) in [7, 11) is 1.41. The molecule has 112 valence electrons. The summed E-state index contributed by atoms with van der Waals surface area (Å²) in [6.07, 6.45) is 3.90. The second-order valence-corrected chi connectivity index (χ2v) is 6.94. The lowest BCUT2D eigenvalue weighted by Crippen LogP contribution is -2.62. The molecule has 4 nitrogen and oxygen atoms in total. The second kappa shape index (κ2) is 5.41. The number of hydrogen-bond donors (Lipinski definition) is 0. The molecule has 0 aromatic carbocycles. The van der Waals surface area contributed by atoms with Crippen LogP contribution in [0.1, 0.15) is 67.2 Å². The van der Waals surface area contributed by atoms with Gasteiger partial charge in [-0.1, -0.05) is 6.92 Å². The zero-order valence-electron chi connectivity index (χ0n) is 13.5. The Morgan fingerprint density at radius 2 is 1.68 bits per heavy atom. The zero-order chi connectivity index (χ0) is 14.9. The van der Waals surface area contributed by atoms with Gasteiger partial charge in [-0.05, 0) is 60.3 Å². The number of hydrogen-bond acceptors (Lipinski definition) is 4. The summed E-state index contributed by atoms with van der Waals surface area (Å²) >= 11 is 0. The lowest BCUT2D eigenvalue weighted by atomic mass is 9.82. The minimum Gasteiger partial charge on any atom is -0.467 e. The maximum Gasteiger partial charge on any atom is 0.339 e. The quantitative estimate of drug-likeness (QED) is 0.735. The lowest BCUT2D eigenvalue weighted by Gasteiger charge is -2.53. The Balaban J connectivity index is 3.01. The predicted octanol–water partition coefficient (Wildman–Crippen LogP) is 3.30. The summed E-state index contributed by atoms with van der Waals surface area (Å²) in [4.78, 5) is 18.2. The molecule has 4 heteroatoms. The number of methoxy groups -OCH3 is 1. The van der Waals surface area contributed by atoms with Gasteiger partial charge in [0.1, 0.15) is 0 Å². The molecule has 0 aliphatic carbocycles. The van der Waals surface area contributed by atoms with E-state index in [0.29, 0.717) is 6.42 Å². The molecule has 0 amide bonds. The van der Waals surface area contributed by atoms with Gasteiger partial charge < -0.3 is 4.74 Å². The number of esters is 1. The molecule has 1 aliphatic rings. The number of carbonyl (C=O) groups excluding carboxylic acids is 1. The van der Waals surface area contributed by atoms with E-state index >= 15 is 0 Å². The van der Waals surface area contributed by atoms with E-state index < -0.39 is 5.60 Å². The lowest BCUT2D eigenvalue weighted by molar-refractivity contribution is -0.328. The number of rotatable bonds is 4. The molecular formula is C15H29NO3. The molecule has 1 heterocycles. The van der Waals surface area contributed by atoms with Crippen molar-refractivity contribution < 1.29 is 14.4 Å². The Labute approximate surface area is 117 Å². The van der Waals surface area contributed by atoms with Gasteiger partial charge in [0, 0.05) is 11.1 Å². The Bertz CT molecular complexity index is 322. The normalized spacial score (nSPS) is 25.6. The average molecular weight is 271 g/mol. The summed E-state index contributed by atoms with van der Waals surface area (Å²) in [5.41, 5.74) is -1.07. The smallest absolute Gasteiger partial charge is 0.339 e. The van der Waals surface area contributed by atoms with Crippen LogP contribution in [0.25, 0.3) is 0 Å². The minimum absolute atomic E-state index is 0.0772. The highest BCUT2D eigenvalue weighted by atomic mass is 16.7. The van der Waals surface area contributed by atoms with Crippen LogP contribution in [0, 0.1) is 0 Å². The van der Waals surface area contributed by atoms with Crippen LogP contribution >= 0.6 is 0 Å². The largest absolute Gasteiger partial charge is 0.467 e. The molecule has 0 saturated carbocycles. The SMILES string of the molecule is CCC(C)(ON1C(C)(C)CCCC1(C)C)C(=O)OC. The van der Waals surface area contributed by atoms with Crippen molar-refractivity contribution in [2.24, 2.45) is 0 Å². The minimum atomic E-state index is -0.916. The Morgan fingerprint density at radius 1 is 1.21 bits per heavy atom. The van der Waals surface area contributed by atoms with Crippen LogP contribution in [-0.2, 0) is 14.4 Å². The van der Waals surface area contributed by atoms with Gasteiger partial charge in [0.2, 0.25) is 0 Å². The van der Waals surface area contributed by atoms with Crippen molar-refractivity contribution in [2.75, 3.05) is 7.11 Å². The van der Waals surface area contributed by atoms with Crippen LogP contribution < -0.4 is 0 Å². The first kappa shape index (κ1) is 16.4. The van der Waals surface area contributed by atoms with Crippen molar-refractivity contribution in [1.82, 2.24) is 5.06 Å². The van der Waals surface area contributed by atoms with Crippen LogP contribution in [0.2, 0.25) is 0 Å². The molecular weight excluding hydrogens is 242 g/mol. The molecule has 1 aliphatic heterocycles. The van der Waals surface area contributed by atoms with Crippen LogP contribution in [0.3, 0.4) is 0 Å². The van der Waals surface area contributed by atoms with Crippen molar-refractivity contribution in [1.29, 1.82) is 0 Å². The molecule has 0 spiro atoms. The van der Waals surface area contributed by atoms with Gasteiger partial charge in [0.25, 0.3) is 0 Å². The Kier molecular flexibility index (Phi) is 4.68. The highest BCUT2D eigenvalue weighted by Crippen LogP contribution is 2.40. The standard InChI is InChI=1S/C15H29NO3/c1-8-15(6,12(17)18-7)19-16-13(2,3)10-9-11-14(16,4)5/h8-11H2,1-7H3. The van der Waals surface area contributed by atoms with Crippen LogP contribution in [0.5, 0.6) is 0 Å². The van der Waals surface area contributed by atoms with Crippen molar-refractivity contribution in [2.45, 2.75) is 83.9 Å². The van der Waals surface area contributed by atoms with E-state index in [0.717, 1.165) is 12.8 Å². The number of piperidine rings is 1. The topological polar surface area (TPSA) is 38.8 Å². The maximum absolute atomic E-state index is 12.0. The van der Waals surface area contributed by atoms with E-state index in [2.05, 4.69) is 27.7 Å². The monoisotopic (exact) mass is 271 g/mol. The van der Waals surface area contributed by atoms with E-state index in [1.807, 2.05) is 12.0 Å². The number of carbonyl (C=O) groups is 1. The zero-order valence-corrected chi connectivity index (χ0v) is 13.5. The summed E-state index contributed by atoms with van der Waals surface area (Å²) in [6, 6.07) is 0. The van der Waals surface area contributed by atoms with Crippen molar-refractivity contribution in [3.8, 4) is 0 Å². The van der Waals surface area contributed by atoms with E-state index in [9.17, 15) is 4.79 Å². The van der Waals surface area contributed by atoms with Gasteiger partial charge in [-0.25, -0.2) is 4.79 Å². The molecule has 0 N–H and O–H groups in total. The highest BCUT2D eigenvalue weighted by molar-refractivity contribution is 5.78. The number of hydroxylamine groups is 2. The Morgan fingerprint density at radius 3 is 2.05 bits per heavy atom. The van der Waals surface area contributed by atoms with Gasteiger partial charge in [-0.15, -0.1) is 0 Å². The van der Waals surface area contributed by atoms with E-state index in [4.69, 9.17) is 9.57 Å². The molecule has 0 aromatic heterocycles. The number of nitrogens with zero attached hydrogens (tertiary/aromatic N) is 1. The third kappa shape index (κ3) is 3.29.